The number of nitrogens with zero attached hydrogens (tertiary/aromatic N) is 1. The molecule has 0 amide bonds. The summed E-state index contributed by atoms with van der Waals surface area (Å²) in [5, 5.41) is 0. The lowest BCUT2D eigenvalue weighted by Gasteiger charge is -2.25. The van der Waals surface area contributed by atoms with Gasteiger partial charge in [-0.2, -0.15) is 39.5 Å². The lowest BCUT2D eigenvalue weighted by Crippen LogP contribution is -2.23. The van der Waals surface area contributed by atoms with E-state index in [-0.39, 0.29) is 33.1 Å². The molecule has 0 saturated heterocycles. The van der Waals surface area contributed by atoms with Gasteiger partial charge in [-0.05, 0) is 53.1 Å². The highest BCUT2D eigenvalue weighted by atomic mass is 79.9. The fourth-order valence-electron chi connectivity index (χ4n) is 3.45. The van der Waals surface area contributed by atoms with E-state index >= 15 is 0 Å². The molecule has 0 bridgehead atoms. The number of rotatable bonds is 6. The molecular formula is C24H15Br3F9N. The molecule has 13 heteroatoms. The standard InChI is InChI=1S/C24H15Br3F9N/c25-19-7-16(22(28,29)30)4-1-13(19)10-37(11-14-2-5-17(8-20(14)26)23(31,32)33)12-15-3-6-18(9-21(15)27)24(34,35)36/h1-9H,10-12H2. The molecule has 0 aliphatic carbocycles. The molecular weight excluding hydrogens is 713 g/mol. The first kappa shape index (κ1) is 30.0. The molecule has 37 heavy (non-hydrogen) atoms. The Morgan fingerprint density at radius 1 is 0.459 bits per heavy atom. The Kier molecular flexibility index (Phi) is 9.13. The van der Waals surface area contributed by atoms with Crippen molar-refractivity contribution in [3.63, 3.8) is 0 Å². The van der Waals surface area contributed by atoms with Crippen LogP contribution in [0.2, 0.25) is 0 Å². The van der Waals surface area contributed by atoms with Gasteiger partial charge in [0.05, 0.1) is 16.7 Å². The maximum atomic E-state index is 13.1. The van der Waals surface area contributed by atoms with Crippen molar-refractivity contribution < 1.29 is 39.5 Å². The first-order chi connectivity index (χ1) is 16.9. The van der Waals surface area contributed by atoms with E-state index in [1.165, 1.54) is 18.2 Å². The van der Waals surface area contributed by atoms with E-state index in [4.69, 9.17) is 0 Å². The normalized spacial score (nSPS) is 12.9. The Balaban J connectivity index is 1.96. The van der Waals surface area contributed by atoms with E-state index < -0.39 is 35.2 Å². The highest BCUT2D eigenvalue weighted by Crippen LogP contribution is 2.36. The second-order valence-corrected chi connectivity index (χ2v) is 10.6. The van der Waals surface area contributed by atoms with Gasteiger partial charge in [0.1, 0.15) is 0 Å². The number of alkyl halides is 9. The van der Waals surface area contributed by atoms with Crippen LogP contribution >= 0.6 is 47.8 Å². The van der Waals surface area contributed by atoms with Crippen molar-refractivity contribution in [1.29, 1.82) is 0 Å². The highest BCUT2D eigenvalue weighted by molar-refractivity contribution is 9.11. The first-order valence-electron chi connectivity index (χ1n) is 10.2. The van der Waals surface area contributed by atoms with Gasteiger partial charge in [0.15, 0.2) is 0 Å². The Labute approximate surface area is 231 Å². The number of benzene rings is 3. The molecule has 0 atom stereocenters. The van der Waals surface area contributed by atoms with E-state index in [0.717, 1.165) is 36.4 Å². The van der Waals surface area contributed by atoms with Gasteiger partial charge in [-0.1, -0.05) is 66.0 Å². The third-order valence-electron chi connectivity index (χ3n) is 5.32. The van der Waals surface area contributed by atoms with Gasteiger partial charge in [-0.15, -0.1) is 0 Å². The molecule has 0 N–H and O–H groups in total. The maximum absolute atomic E-state index is 13.1. The Morgan fingerprint density at radius 3 is 0.892 bits per heavy atom. The molecule has 0 unspecified atom stereocenters. The van der Waals surface area contributed by atoms with Gasteiger partial charge in [0, 0.05) is 33.1 Å². The third kappa shape index (κ3) is 7.96. The van der Waals surface area contributed by atoms with E-state index in [1.54, 1.807) is 4.90 Å². The van der Waals surface area contributed by atoms with Crippen molar-refractivity contribution in [3.05, 3.63) is 101 Å². The van der Waals surface area contributed by atoms with Crippen LogP contribution in [-0.4, -0.2) is 4.90 Å². The SMILES string of the molecule is FC(F)(F)c1ccc(CN(Cc2ccc(C(F)(F)F)cc2Br)Cc2ccc(C(F)(F)F)cc2Br)c(Br)c1. The second-order valence-electron chi connectivity index (χ2n) is 8.06. The van der Waals surface area contributed by atoms with Crippen molar-refractivity contribution >= 4 is 47.8 Å². The molecule has 0 radical (unpaired) electrons. The van der Waals surface area contributed by atoms with E-state index in [9.17, 15) is 39.5 Å². The van der Waals surface area contributed by atoms with Crippen LogP contribution in [0, 0.1) is 0 Å². The minimum absolute atomic E-state index is 0.0413. The van der Waals surface area contributed by atoms with E-state index in [0.29, 0.717) is 16.7 Å². The summed E-state index contributed by atoms with van der Waals surface area (Å²) in [7, 11) is 0. The molecule has 3 rings (SSSR count). The summed E-state index contributed by atoms with van der Waals surface area (Å²) >= 11 is 9.41. The van der Waals surface area contributed by atoms with Crippen LogP contribution in [0.1, 0.15) is 33.4 Å². The molecule has 0 saturated carbocycles. The van der Waals surface area contributed by atoms with Crippen LogP contribution in [0.15, 0.2) is 68.0 Å². The topological polar surface area (TPSA) is 3.24 Å². The molecule has 200 valence electrons. The number of hydrogen-bond acceptors (Lipinski definition) is 1. The van der Waals surface area contributed by atoms with Crippen molar-refractivity contribution in [1.82, 2.24) is 4.90 Å². The van der Waals surface area contributed by atoms with Crippen LogP contribution < -0.4 is 0 Å². The zero-order chi connectivity index (χ0) is 27.8. The summed E-state index contributed by atoms with van der Waals surface area (Å²) in [5.41, 5.74) is -1.28. The minimum atomic E-state index is -4.56. The molecule has 0 spiro atoms. The maximum Gasteiger partial charge on any atom is 0.416 e. The fraction of sp³-hybridized carbons (Fsp3) is 0.250. The van der Waals surface area contributed by atoms with Crippen LogP contribution in [0.5, 0.6) is 0 Å². The van der Waals surface area contributed by atoms with Crippen molar-refractivity contribution in [2.75, 3.05) is 0 Å². The van der Waals surface area contributed by atoms with Crippen molar-refractivity contribution in [2.24, 2.45) is 0 Å². The van der Waals surface area contributed by atoms with Gasteiger partial charge >= 0.3 is 18.5 Å². The third-order valence-corrected chi connectivity index (χ3v) is 7.54. The van der Waals surface area contributed by atoms with Gasteiger partial charge in [0.2, 0.25) is 0 Å². The molecule has 3 aromatic carbocycles. The van der Waals surface area contributed by atoms with Crippen molar-refractivity contribution in [3.8, 4) is 0 Å². The summed E-state index contributed by atoms with van der Waals surface area (Å²) in [5.74, 6) is 0. The zero-order valence-electron chi connectivity index (χ0n) is 18.3. The highest BCUT2D eigenvalue weighted by Gasteiger charge is 2.33. The summed E-state index contributed by atoms with van der Waals surface area (Å²) in [6.45, 7) is 0.124. The van der Waals surface area contributed by atoms with E-state index in [1.807, 2.05) is 0 Å². The molecule has 1 nitrogen and oxygen atoms in total. The fourth-order valence-corrected chi connectivity index (χ4v) is 4.96. The van der Waals surface area contributed by atoms with Gasteiger partial charge < -0.3 is 0 Å². The van der Waals surface area contributed by atoms with Crippen LogP contribution in [0.4, 0.5) is 39.5 Å². The molecule has 0 fully saturated rings. The van der Waals surface area contributed by atoms with E-state index in [2.05, 4.69) is 47.8 Å². The predicted molar refractivity (Wildman–Crippen MR) is 130 cm³/mol. The summed E-state index contributed by atoms with van der Waals surface area (Å²) in [4.78, 5) is 1.69. The van der Waals surface area contributed by atoms with Crippen LogP contribution in [0.25, 0.3) is 0 Å². The Bertz CT molecular complexity index is 1110. The zero-order valence-corrected chi connectivity index (χ0v) is 23.1. The lowest BCUT2D eigenvalue weighted by atomic mass is 10.1. The second kappa shape index (κ2) is 11.3. The van der Waals surface area contributed by atoms with Gasteiger partial charge in [-0.3, -0.25) is 4.90 Å². The molecule has 0 aliphatic rings. The molecule has 3 aromatic rings. The average Bonchev–Trinajstić information content (AvgIpc) is 2.75. The smallest absolute Gasteiger partial charge is 0.290 e. The predicted octanol–water partition coefficient (Wildman–Crippen LogP) is 10.2. The first-order valence-corrected chi connectivity index (χ1v) is 12.6. The minimum Gasteiger partial charge on any atom is -0.290 e. The Hall–Kier alpha value is -1.57. The van der Waals surface area contributed by atoms with Crippen LogP contribution in [-0.2, 0) is 38.2 Å². The summed E-state index contributed by atoms with van der Waals surface area (Å²) in [6, 6.07) is 9.25. The van der Waals surface area contributed by atoms with Gasteiger partial charge in [0.25, 0.3) is 0 Å². The van der Waals surface area contributed by atoms with Gasteiger partial charge in [-0.25, -0.2) is 0 Å². The Morgan fingerprint density at radius 2 is 0.703 bits per heavy atom. The number of hydrogen-bond donors (Lipinski definition) is 0. The molecule has 0 heterocycles. The quantitative estimate of drug-likeness (QED) is 0.229. The monoisotopic (exact) mass is 725 g/mol. The summed E-state index contributed by atoms with van der Waals surface area (Å²) < 4.78 is 118. The largest absolute Gasteiger partial charge is 0.416 e. The molecule has 0 aliphatic heterocycles. The number of halogens is 12. The average molecular weight is 728 g/mol. The lowest BCUT2D eigenvalue weighted by molar-refractivity contribution is -0.138. The van der Waals surface area contributed by atoms with Crippen molar-refractivity contribution in [2.45, 2.75) is 38.2 Å². The molecule has 0 aromatic heterocycles. The van der Waals surface area contributed by atoms with Crippen LogP contribution in [0.3, 0.4) is 0 Å². The summed E-state index contributed by atoms with van der Waals surface area (Å²) in [6.07, 6.45) is -13.7.